The highest BCUT2D eigenvalue weighted by Gasteiger charge is 2.25. The molecule has 0 radical (unpaired) electrons. The highest BCUT2D eigenvalue weighted by Crippen LogP contribution is 2.36. The number of nitrogens with zero attached hydrogens (tertiary/aromatic N) is 6. The van der Waals surface area contributed by atoms with Crippen LogP contribution in [0, 0.1) is 6.92 Å². The van der Waals surface area contributed by atoms with Crippen molar-refractivity contribution in [2.45, 2.75) is 6.92 Å². The van der Waals surface area contributed by atoms with E-state index in [4.69, 9.17) is 5.10 Å². The monoisotopic (exact) mass is 411 g/mol. The molecule has 0 amide bonds. The number of guanidine groups is 1. The Balaban J connectivity index is 1.48. The number of rotatable bonds is 3. The largest absolute Gasteiger partial charge is 0.352 e. The fourth-order valence-corrected chi connectivity index (χ4v) is 4.18. The summed E-state index contributed by atoms with van der Waals surface area (Å²) in [6, 6.07) is 14.3. The molecule has 0 atom stereocenters. The maximum Gasteiger partial charge on any atom is 0.198 e. The zero-order chi connectivity index (χ0) is 21.0. The van der Waals surface area contributed by atoms with Crippen LogP contribution in [0.1, 0.15) is 5.56 Å². The van der Waals surface area contributed by atoms with Crippen LogP contribution in [0.4, 0.5) is 5.82 Å². The molecule has 156 valence electrons. The summed E-state index contributed by atoms with van der Waals surface area (Å²) in [7, 11) is 0. The topological polar surface area (TPSA) is 69.5 Å². The molecule has 2 aliphatic rings. The molecule has 5 rings (SSSR count). The van der Waals surface area contributed by atoms with Crippen LogP contribution >= 0.6 is 0 Å². The van der Waals surface area contributed by atoms with Gasteiger partial charge in [0.25, 0.3) is 0 Å². The van der Waals surface area contributed by atoms with Crippen molar-refractivity contribution in [2.24, 2.45) is 4.99 Å². The Bertz CT molecular complexity index is 1100. The van der Waals surface area contributed by atoms with E-state index in [0.717, 1.165) is 72.4 Å². The van der Waals surface area contributed by atoms with Gasteiger partial charge >= 0.3 is 0 Å². The smallest absolute Gasteiger partial charge is 0.198 e. The van der Waals surface area contributed by atoms with E-state index in [9.17, 15) is 0 Å². The number of aromatic nitrogens is 3. The van der Waals surface area contributed by atoms with Crippen LogP contribution in [0.25, 0.3) is 22.4 Å². The van der Waals surface area contributed by atoms with Crippen molar-refractivity contribution in [3.63, 3.8) is 0 Å². The predicted octanol–water partition coefficient (Wildman–Crippen LogP) is 3.11. The fourth-order valence-electron chi connectivity index (χ4n) is 4.18. The summed E-state index contributed by atoms with van der Waals surface area (Å²) in [6.45, 7) is 6.52. The summed E-state index contributed by atoms with van der Waals surface area (Å²) in [5, 5.41) is 12.7. The quantitative estimate of drug-likeness (QED) is 0.714. The van der Waals surface area contributed by atoms with Crippen molar-refractivity contribution in [3.05, 3.63) is 72.7 Å². The minimum atomic E-state index is 0.833. The minimum absolute atomic E-state index is 0.833. The van der Waals surface area contributed by atoms with E-state index in [0.29, 0.717) is 0 Å². The van der Waals surface area contributed by atoms with E-state index in [1.807, 2.05) is 55.0 Å². The molecule has 2 aliphatic heterocycles. The molecule has 0 spiro atoms. The average Bonchev–Trinajstić information content (AvgIpc) is 2.85. The first kappa shape index (κ1) is 19.2. The second-order valence-corrected chi connectivity index (χ2v) is 7.67. The number of pyridine rings is 1. The van der Waals surface area contributed by atoms with Crippen molar-refractivity contribution in [1.29, 1.82) is 0 Å². The van der Waals surface area contributed by atoms with Crippen LogP contribution in [-0.2, 0) is 0 Å². The highest BCUT2D eigenvalue weighted by molar-refractivity contribution is 5.85. The first-order valence-corrected chi connectivity index (χ1v) is 10.6. The summed E-state index contributed by atoms with van der Waals surface area (Å²) >= 11 is 0. The summed E-state index contributed by atoms with van der Waals surface area (Å²) in [5.41, 5.74) is 5.33. The summed E-state index contributed by atoms with van der Waals surface area (Å²) in [5.74, 6) is 1.91. The Kier molecular flexibility index (Phi) is 5.31. The number of benzene rings is 1. The van der Waals surface area contributed by atoms with Gasteiger partial charge in [-0.1, -0.05) is 30.3 Å². The van der Waals surface area contributed by atoms with Crippen molar-refractivity contribution >= 4 is 11.8 Å². The third kappa shape index (κ3) is 3.86. The zero-order valence-electron chi connectivity index (χ0n) is 17.6. The SMILES string of the molecule is Cc1c(N2CCN(C3=NC=CCN3)CC2)nnc(-c2ccccc2)c1-c1ccncc1. The molecule has 7 heteroatoms. The molecule has 3 aromatic rings. The number of nitrogens with one attached hydrogen (secondary N) is 1. The number of aliphatic imine (C=N–C) groups is 1. The zero-order valence-corrected chi connectivity index (χ0v) is 17.6. The highest BCUT2D eigenvalue weighted by atomic mass is 15.4. The molecule has 1 aromatic carbocycles. The lowest BCUT2D eigenvalue weighted by atomic mass is 9.96. The summed E-state index contributed by atoms with van der Waals surface area (Å²) in [4.78, 5) is 13.3. The Morgan fingerprint density at radius 3 is 2.29 bits per heavy atom. The van der Waals surface area contributed by atoms with Crippen LogP contribution in [0.2, 0.25) is 0 Å². The van der Waals surface area contributed by atoms with Gasteiger partial charge in [0, 0.05) is 68.0 Å². The molecule has 1 N–H and O–H groups in total. The maximum absolute atomic E-state index is 4.70. The lowest BCUT2D eigenvalue weighted by molar-refractivity contribution is 0.372. The molecule has 1 fully saturated rings. The Morgan fingerprint density at radius 2 is 1.58 bits per heavy atom. The van der Waals surface area contributed by atoms with Crippen molar-refractivity contribution in [1.82, 2.24) is 25.4 Å². The lowest BCUT2D eigenvalue weighted by Gasteiger charge is -2.37. The molecule has 1 saturated heterocycles. The molecule has 4 heterocycles. The summed E-state index contributed by atoms with van der Waals surface area (Å²) in [6.07, 6.45) is 7.55. The van der Waals surface area contributed by atoms with Gasteiger partial charge in [-0.15, -0.1) is 10.2 Å². The maximum atomic E-state index is 4.70. The predicted molar refractivity (Wildman–Crippen MR) is 124 cm³/mol. The molecule has 31 heavy (non-hydrogen) atoms. The van der Waals surface area contributed by atoms with Gasteiger partial charge in [0.05, 0.1) is 0 Å². The van der Waals surface area contributed by atoms with Gasteiger partial charge in [-0.25, -0.2) is 4.99 Å². The van der Waals surface area contributed by atoms with Crippen molar-refractivity contribution < 1.29 is 0 Å². The normalized spacial score (nSPS) is 16.1. The first-order chi connectivity index (χ1) is 15.3. The lowest BCUT2D eigenvalue weighted by Crippen LogP contribution is -2.53. The van der Waals surface area contributed by atoms with E-state index in [2.05, 4.69) is 49.2 Å². The molecular formula is C24H25N7. The van der Waals surface area contributed by atoms with Gasteiger partial charge < -0.3 is 15.1 Å². The third-order valence-electron chi connectivity index (χ3n) is 5.77. The van der Waals surface area contributed by atoms with Gasteiger partial charge in [0.15, 0.2) is 11.8 Å². The molecule has 2 aromatic heterocycles. The molecule has 0 saturated carbocycles. The summed E-state index contributed by atoms with van der Waals surface area (Å²) < 4.78 is 0. The molecular weight excluding hydrogens is 386 g/mol. The van der Waals surface area contributed by atoms with E-state index >= 15 is 0 Å². The van der Waals surface area contributed by atoms with Crippen LogP contribution in [0.5, 0.6) is 0 Å². The van der Waals surface area contributed by atoms with Crippen molar-refractivity contribution in [3.8, 4) is 22.4 Å². The number of hydrogen-bond donors (Lipinski definition) is 1. The molecule has 0 aliphatic carbocycles. The van der Waals surface area contributed by atoms with Gasteiger partial charge in [-0.05, 0) is 30.7 Å². The van der Waals surface area contributed by atoms with Crippen LogP contribution in [0.15, 0.2) is 72.1 Å². The standard InChI is InChI=1S/C24H25N7/c1-18-21(19-8-12-25-13-9-19)22(20-6-3-2-4-7-20)28-29-23(18)30-14-16-31(17-15-30)24-26-10-5-11-27-24/h2-10,12-13H,11,14-17H2,1H3,(H,26,27). The van der Waals surface area contributed by atoms with Crippen LogP contribution in [0.3, 0.4) is 0 Å². The molecule has 7 nitrogen and oxygen atoms in total. The second kappa shape index (κ2) is 8.55. The van der Waals surface area contributed by atoms with E-state index in [-0.39, 0.29) is 0 Å². The van der Waals surface area contributed by atoms with Crippen LogP contribution in [-0.4, -0.2) is 58.8 Å². The third-order valence-corrected chi connectivity index (χ3v) is 5.77. The second-order valence-electron chi connectivity index (χ2n) is 7.67. The first-order valence-electron chi connectivity index (χ1n) is 10.6. The van der Waals surface area contributed by atoms with Gasteiger partial charge in [-0.2, -0.15) is 0 Å². The van der Waals surface area contributed by atoms with Crippen molar-refractivity contribution in [2.75, 3.05) is 37.6 Å². The van der Waals surface area contributed by atoms with E-state index in [1.54, 1.807) is 0 Å². The average molecular weight is 412 g/mol. The van der Waals surface area contributed by atoms with Gasteiger partial charge in [0.2, 0.25) is 0 Å². The fraction of sp³-hybridized carbons (Fsp3) is 0.250. The van der Waals surface area contributed by atoms with Gasteiger partial charge in [0.1, 0.15) is 5.69 Å². The number of piperazine rings is 1. The Morgan fingerprint density at radius 1 is 0.839 bits per heavy atom. The minimum Gasteiger partial charge on any atom is -0.352 e. The van der Waals surface area contributed by atoms with E-state index in [1.165, 1.54) is 0 Å². The molecule has 0 bridgehead atoms. The Labute approximate surface area is 182 Å². The molecule has 0 unspecified atom stereocenters. The van der Waals surface area contributed by atoms with Gasteiger partial charge in [-0.3, -0.25) is 4.98 Å². The van der Waals surface area contributed by atoms with Crippen LogP contribution < -0.4 is 10.2 Å². The number of hydrogen-bond acceptors (Lipinski definition) is 7. The Hall–Kier alpha value is -3.74. The number of anilines is 1. The van der Waals surface area contributed by atoms with E-state index < -0.39 is 0 Å².